The number of methoxy groups -OCH3 is 1. The molecule has 4 rings (SSSR count). The Labute approximate surface area is 153 Å². The molecule has 26 heavy (non-hydrogen) atoms. The molecule has 0 saturated heterocycles. The van der Waals surface area contributed by atoms with Gasteiger partial charge >= 0.3 is 0 Å². The zero-order valence-corrected chi connectivity index (χ0v) is 15.0. The molecule has 134 valence electrons. The van der Waals surface area contributed by atoms with Crippen LogP contribution in [0, 0.1) is 0 Å². The Bertz CT molecular complexity index is 873. The number of aromatic nitrogens is 2. The standard InChI is InChI=1S/C21H24N4O/c1-26-17-13-11-16(12-14-17)23-21-24-19-10-6-5-9-18(19)20(25-21)22-15-7-3-2-4-8-15/h5-6,9-15H,2-4,7-8H2,1H3,(H2,22,23,24,25). The van der Waals surface area contributed by atoms with Crippen molar-refractivity contribution in [2.75, 3.05) is 17.7 Å². The maximum atomic E-state index is 5.21. The summed E-state index contributed by atoms with van der Waals surface area (Å²) in [6, 6.07) is 16.4. The van der Waals surface area contributed by atoms with E-state index in [4.69, 9.17) is 9.72 Å². The lowest BCUT2D eigenvalue weighted by molar-refractivity contribution is 0.415. The predicted octanol–water partition coefficient (Wildman–Crippen LogP) is 5.13. The number of hydrogen-bond donors (Lipinski definition) is 2. The average molecular weight is 348 g/mol. The first-order chi connectivity index (χ1) is 12.8. The Morgan fingerprint density at radius 3 is 2.46 bits per heavy atom. The van der Waals surface area contributed by atoms with Crippen LogP contribution in [0.15, 0.2) is 48.5 Å². The normalized spacial score (nSPS) is 15.0. The van der Waals surface area contributed by atoms with E-state index in [0.29, 0.717) is 12.0 Å². The van der Waals surface area contributed by atoms with Crippen LogP contribution in [0.1, 0.15) is 32.1 Å². The molecule has 0 radical (unpaired) electrons. The third kappa shape index (κ3) is 3.72. The molecule has 1 aromatic heterocycles. The molecule has 5 heteroatoms. The summed E-state index contributed by atoms with van der Waals surface area (Å²) < 4.78 is 5.21. The van der Waals surface area contributed by atoms with Crippen molar-refractivity contribution in [3.8, 4) is 5.75 Å². The van der Waals surface area contributed by atoms with Crippen molar-refractivity contribution < 1.29 is 4.74 Å². The van der Waals surface area contributed by atoms with Crippen molar-refractivity contribution in [1.29, 1.82) is 0 Å². The highest BCUT2D eigenvalue weighted by Crippen LogP contribution is 2.27. The molecule has 1 heterocycles. The quantitative estimate of drug-likeness (QED) is 0.669. The van der Waals surface area contributed by atoms with E-state index in [0.717, 1.165) is 28.2 Å². The van der Waals surface area contributed by atoms with Crippen LogP contribution in [0.4, 0.5) is 17.5 Å². The van der Waals surface area contributed by atoms with Gasteiger partial charge in [0, 0.05) is 17.1 Å². The summed E-state index contributed by atoms with van der Waals surface area (Å²) in [7, 11) is 1.66. The molecule has 0 spiro atoms. The molecule has 0 unspecified atom stereocenters. The van der Waals surface area contributed by atoms with Crippen LogP contribution < -0.4 is 15.4 Å². The van der Waals surface area contributed by atoms with Crippen LogP contribution >= 0.6 is 0 Å². The smallest absolute Gasteiger partial charge is 0.229 e. The third-order valence-electron chi connectivity index (χ3n) is 4.90. The molecular formula is C21H24N4O. The maximum absolute atomic E-state index is 5.21. The van der Waals surface area contributed by atoms with Gasteiger partial charge in [-0.25, -0.2) is 4.98 Å². The van der Waals surface area contributed by atoms with Gasteiger partial charge in [0.25, 0.3) is 0 Å². The summed E-state index contributed by atoms with van der Waals surface area (Å²) in [5.74, 6) is 2.35. The van der Waals surface area contributed by atoms with Gasteiger partial charge in [-0.05, 0) is 49.2 Å². The zero-order chi connectivity index (χ0) is 17.8. The van der Waals surface area contributed by atoms with Crippen LogP contribution in [0.3, 0.4) is 0 Å². The second kappa shape index (κ2) is 7.60. The molecule has 1 saturated carbocycles. The highest BCUT2D eigenvalue weighted by atomic mass is 16.5. The van der Waals surface area contributed by atoms with Gasteiger partial charge in [0.2, 0.25) is 5.95 Å². The summed E-state index contributed by atoms with van der Waals surface area (Å²) in [6.07, 6.45) is 6.33. The Balaban J connectivity index is 1.63. The average Bonchev–Trinajstić information content (AvgIpc) is 2.69. The Hall–Kier alpha value is -2.82. The van der Waals surface area contributed by atoms with Crippen molar-refractivity contribution in [2.24, 2.45) is 0 Å². The van der Waals surface area contributed by atoms with E-state index in [1.54, 1.807) is 7.11 Å². The Morgan fingerprint density at radius 1 is 0.923 bits per heavy atom. The number of nitrogens with zero attached hydrogens (tertiary/aromatic N) is 2. The monoisotopic (exact) mass is 348 g/mol. The lowest BCUT2D eigenvalue weighted by Gasteiger charge is -2.24. The van der Waals surface area contributed by atoms with Crippen LogP contribution in [0.2, 0.25) is 0 Å². The van der Waals surface area contributed by atoms with Crippen molar-refractivity contribution in [3.05, 3.63) is 48.5 Å². The molecule has 0 bridgehead atoms. The Morgan fingerprint density at radius 2 is 1.69 bits per heavy atom. The highest BCUT2D eigenvalue weighted by Gasteiger charge is 2.16. The van der Waals surface area contributed by atoms with E-state index in [1.807, 2.05) is 42.5 Å². The molecule has 0 atom stereocenters. The van der Waals surface area contributed by atoms with E-state index < -0.39 is 0 Å². The van der Waals surface area contributed by atoms with Gasteiger partial charge in [0.1, 0.15) is 11.6 Å². The van der Waals surface area contributed by atoms with Crippen LogP contribution in [0.25, 0.3) is 10.9 Å². The molecule has 2 aromatic carbocycles. The first kappa shape index (κ1) is 16.6. The fraction of sp³-hybridized carbons (Fsp3) is 0.333. The molecule has 1 aliphatic rings. The number of ether oxygens (including phenoxy) is 1. The number of fused-ring (bicyclic) bond motifs is 1. The summed E-state index contributed by atoms with van der Waals surface area (Å²) in [6.45, 7) is 0. The number of benzene rings is 2. The topological polar surface area (TPSA) is 59.1 Å². The summed E-state index contributed by atoms with van der Waals surface area (Å²) in [4.78, 5) is 9.44. The third-order valence-corrected chi connectivity index (χ3v) is 4.90. The molecule has 2 N–H and O–H groups in total. The predicted molar refractivity (Wildman–Crippen MR) is 106 cm³/mol. The maximum Gasteiger partial charge on any atom is 0.229 e. The second-order valence-electron chi connectivity index (χ2n) is 6.75. The molecule has 5 nitrogen and oxygen atoms in total. The molecule has 0 amide bonds. The van der Waals surface area contributed by atoms with Gasteiger partial charge in [0.05, 0.1) is 12.6 Å². The van der Waals surface area contributed by atoms with Gasteiger partial charge < -0.3 is 15.4 Å². The largest absolute Gasteiger partial charge is 0.497 e. The van der Waals surface area contributed by atoms with E-state index in [1.165, 1.54) is 32.1 Å². The number of para-hydroxylation sites is 1. The number of nitrogens with one attached hydrogen (secondary N) is 2. The SMILES string of the molecule is COc1ccc(Nc2nc(NC3CCCCC3)c3ccccc3n2)cc1. The molecule has 1 fully saturated rings. The first-order valence-electron chi connectivity index (χ1n) is 9.26. The van der Waals surface area contributed by atoms with E-state index in [-0.39, 0.29) is 0 Å². The van der Waals surface area contributed by atoms with E-state index >= 15 is 0 Å². The van der Waals surface area contributed by atoms with E-state index in [2.05, 4.69) is 21.7 Å². The van der Waals surface area contributed by atoms with Crippen LogP contribution in [0.5, 0.6) is 5.75 Å². The molecular weight excluding hydrogens is 324 g/mol. The molecule has 0 aliphatic heterocycles. The van der Waals surface area contributed by atoms with Crippen molar-refractivity contribution in [1.82, 2.24) is 9.97 Å². The van der Waals surface area contributed by atoms with Gasteiger partial charge in [0.15, 0.2) is 0 Å². The number of hydrogen-bond acceptors (Lipinski definition) is 5. The minimum absolute atomic E-state index is 0.496. The molecule has 1 aliphatic carbocycles. The van der Waals surface area contributed by atoms with Crippen molar-refractivity contribution >= 4 is 28.4 Å². The van der Waals surface area contributed by atoms with E-state index in [9.17, 15) is 0 Å². The second-order valence-corrected chi connectivity index (χ2v) is 6.75. The summed E-state index contributed by atoms with van der Waals surface area (Å²) in [5, 5.41) is 8.03. The van der Waals surface area contributed by atoms with Gasteiger partial charge in [-0.3, -0.25) is 0 Å². The van der Waals surface area contributed by atoms with Gasteiger partial charge in [-0.2, -0.15) is 4.98 Å². The summed E-state index contributed by atoms with van der Waals surface area (Å²) >= 11 is 0. The minimum atomic E-state index is 0.496. The Kier molecular flexibility index (Phi) is 4.86. The van der Waals surface area contributed by atoms with Crippen LogP contribution in [-0.2, 0) is 0 Å². The molecule has 3 aromatic rings. The number of rotatable bonds is 5. The van der Waals surface area contributed by atoms with Crippen LogP contribution in [-0.4, -0.2) is 23.1 Å². The summed E-state index contributed by atoms with van der Waals surface area (Å²) in [5.41, 5.74) is 1.88. The minimum Gasteiger partial charge on any atom is -0.497 e. The lowest BCUT2D eigenvalue weighted by atomic mass is 9.95. The fourth-order valence-electron chi connectivity index (χ4n) is 3.49. The lowest BCUT2D eigenvalue weighted by Crippen LogP contribution is -2.23. The number of anilines is 3. The fourth-order valence-corrected chi connectivity index (χ4v) is 3.49. The van der Waals surface area contributed by atoms with Gasteiger partial charge in [-0.1, -0.05) is 31.4 Å². The van der Waals surface area contributed by atoms with Crippen molar-refractivity contribution in [2.45, 2.75) is 38.1 Å². The highest BCUT2D eigenvalue weighted by molar-refractivity contribution is 5.90. The van der Waals surface area contributed by atoms with Crippen molar-refractivity contribution in [3.63, 3.8) is 0 Å². The first-order valence-corrected chi connectivity index (χ1v) is 9.26. The zero-order valence-electron chi connectivity index (χ0n) is 15.0. The van der Waals surface area contributed by atoms with Gasteiger partial charge in [-0.15, -0.1) is 0 Å².